The van der Waals surface area contributed by atoms with Gasteiger partial charge in [0.2, 0.25) is 0 Å². The second kappa shape index (κ2) is 12.5. The van der Waals surface area contributed by atoms with E-state index in [0.29, 0.717) is 25.9 Å². The highest BCUT2D eigenvalue weighted by Crippen LogP contribution is 2.32. The van der Waals surface area contributed by atoms with Gasteiger partial charge in [-0.25, -0.2) is 14.2 Å². The molecule has 5 rings (SSSR count). The largest absolute Gasteiger partial charge is 0.363 e. The lowest BCUT2D eigenvalue weighted by Gasteiger charge is -2.23. The van der Waals surface area contributed by atoms with Gasteiger partial charge in [0.1, 0.15) is 5.82 Å². The number of amides is 3. The third-order valence-electron chi connectivity index (χ3n) is 6.60. The van der Waals surface area contributed by atoms with E-state index in [0.717, 1.165) is 35.3 Å². The van der Waals surface area contributed by atoms with Gasteiger partial charge in [0, 0.05) is 20.8 Å². The van der Waals surface area contributed by atoms with Crippen molar-refractivity contribution >= 4 is 71.8 Å². The lowest BCUT2D eigenvalue weighted by atomic mass is 9.93. The van der Waals surface area contributed by atoms with Crippen molar-refractivity contribution in [1.82, 2.24) is 4.98 Å². The fourth-order valence-corrected chi connectivity index (χ4v) is 5.80. The molecule has 3 aromatic carbocycles. The number of nitrogens with zero attached hydrogens (tertiary/aromatic N) is 4. The summed E-state index contributed by atoms with van der Waals surface area (Å²) in [5.41, 5.74) is 15.1. The Hall–Kier alpha value is -4.29. The van der Waals surface area contributed by atoms with E-state index < -0.39 is 17.8 Å². The summed E-state index contributed by atoms with van der Waals surface area (Å²) in [5.74, 6) is -1.32. The van der Waals surface area contributed by atoms with Gasteiger partial charge in [-0.05, 0) is 78.8 Å². The average molecular weight is 636 g/mol. The first-order valence-corrected chi connectivity index (χ1v) is 14.4. The molecule has 0 spiro atoms. The molecule has 9 nitrogen and oxygen atoms in total. The Morgan fingerprint density at radius 3 is 2.56 bits per heavy atom. The maximum absolute atomic E-state index is 14.4. The third-order valence-corrected chi connectivity index (χ3v) is 8.05. The van der Waals surface area contributed by atoms with E-state index in [1.54, 1.807) is 35.2 Å². The number of carbonyl (C=O) groups excluding carboxylic acids is 2. The van der Waals surface area contributed by atoms with Gasteiger partial charge in [-0.3, -0.25) is 15.0 Å². The van der Waals surface area contributed by atoms with E-state index in [9.17, 15) is 14.0 Å². The molecule has 0 saturated heterocycles. The van der Waals surface area contributed by atoms with Gasteiger partial charge in [0.25, 0.3) is 11.9 Å². The molecule has 1 heterocycles. The van der Waals surface area contributed by atoms with Crippen LogP contribution in [0.5, 0.6) is 0 Å². The second-order valence-corrected chi connectivity index (χ2v) is 11.3. The summed E-state index contributed by atoms with van der Waals surface area (Å²) >= 11 is 4.34. The molecule has 1 aliphatic rings. The Balaban J connectivity index is 1.42. The summed E-state index contributed by atoms with van der Waals surface area (Å²) in [6.45, 7) is 0.191. The Labute approximate surface area is 247 Å². The zero-order valence-electron chi connectivity index (χ0n) is 21.8. The molecule has 1 aromatic heterocycles. The van der Waals surface area contributed by atoms with Crippen molar-refractivity contribution in [3.8, 4) is 0 Å². The summed E-state index contributed by atoms with van der Waals surface area (Å²) in [6.07, 6.45) is 6.75. The van der Waals surface area contributed by atoms with Crippen molar-refractivity contribution in [1.29, 1.82) is 0 Å². The zero-order valence-corrected chi connectivity index (χ0v) is 24.2. The number of urea groups is 1. The fraction of sp³-hybridized carbons (Fsp3) is 0.172. The molecule has 12 heteroatoms. The fourth-order valence-electron chi connectivity index (χ4n) is 4.54. The van der Waals surface area contributed by atoms with Crippen molar-refractivity contribution < 1.29 is 19.5 Å². The highest BCUT2D eigenvalue weighted by molar-refractivity contribution is 9.10. The van der Waals surface area contributed by atoms with Gasteiger partial charge < -0.3 is 5.73 Å². The third kappa shape index (κ3) is 6.72. The number of guanidine groups is 1. The number of anilines is 2. The van der Waals surface area contributed by atoms with Gasteiger partial charge in [-0.15, -0.1) is 5.53 Å². The minimum atomic E-state index is -0.583. The number of carbonyl (C=O) groups is 2. The molecule has 208 valence electrons. The molecule has 0 aliphatic heterocycles. The average Bonchev–Trinajstić information content (AvgIpc) is 3.39. The zero-order chi connectivity index (χ0) is 28.9. The van der Waals surface area contributed by atoms with Gasteiger partial charge in [-0.2, -0.15) is 4.99 Å². The van der Waals surface area contributed by atoms with E-state index in [-0.39, 0.29) is 17.6 Å². The first-order chi connectivity index (χ1) is 19.8. The molecule has 4 aromatic rings. The van der Waals surface area contributed by atoms with E-state index in [4.69, 9.17) is 11.3 Å². The molecule has 3 amide bonds. The van der Waals surface area contributed by atoms with Gasteiger partial charge in [-0.1, -0.05) is 57.6 Å². The number of hydrogen-bond donors (Lipinski definition) is 3. The Morgan fingerprint density at radius 2 is 1.88 bits per heavy atom. The van der Waals surface area contributed by atoms with Crippen molar-refractivity contribution in [3.63, 3.8) is 0 Å². The van der Waals surface area contributed by atoms with Crippen LogP contribution in [0.15, 0.2) is 81.3 Å². The van der Waals surface area contributed by atoms with Crippen LogP contribution in [0.2, 0.25) is 0 Å². The van der Waals surface area contributed by atoms with Crippen LogP contribution in [0.25, 0.3) is 15.8 Å². The van der Waals surface area contributed by atoms with Crippen LogP contribution in [0.1, 0.15) is 47.2 Å². The Bertz CT molecular complexity index is 1680. The number of benzene rings is 3. The molecule has 0 unspecified atom stereocenters. The quantitative estimate of drug-likeness (QED) is 0.135. The predicted molar refractivity (Wildman–Crippen MR) is 162 cm³/mol. The second-order valence-electron chi connectivity index (χ2n) is 9.39. The first kappa shape index (κ1) is 28.2. The van der Waals surface area contributed by atoms with Gasteiger partial charge in [0.15, 0.2) is 5.13 Å². The predicted octanol–water partition coefficient (Wildman–Crippen LogP) is 6.06. The molecular weight excluding hydrogens is 609 g/mol. The normalized spacial score (nSPS) is 13.5. The minimum Gasteiger partial charge on any atom is -0.363 e. The number of aliphatic imine (C=N–C) groups is 1. The number of fused-ring (bicyclic) bond motifs is 1. The number of aromatic nitrogens is 1. The van der Waals surface area contributed by atoms with Crippen LogP contribution < -0.4 is 21.5 Å². The van der Waals surface area contributed by atoms with Crippen LogP contribution in [-0.4, -0.2) is 22.9 Å². The maximum Gasteiger partial charge on any atom is 0.328 e. The molecule has 0 atom stereocenters. The number of rotatable bonds is 6. The molecule has 41 heavy (non-hydrogen) atoms. The molecular formula is C29H26BrFN7O2S+. The number of halogens is 2. The lowest BCUT2D eigenvalue weighted by molar-refractivity contribution is -0.207. The smallest absolute Gasteiger partial charge is 0.328 e. The Kier molecular flexibility index (Phi) is 8.60. The van der Waals surface area contributed by atoms with E-state index in [1.165, 1.54) is 24.5 Å². The van der Waals surface area contributed by atoms with Crippen LogP contribution in [0, 0.1) is 5.82 Å². The standard InChI is InChI=1S/C29H25BrFN7O2S/c30-21-14-23(31)25-24(15-21)34-28(41-25)36-29(40)38(22-12-10-19(11-13-22)18-4-2-1-3-5-18)16-17-6-8-20(9-7-17)26(39)35-27(32)37-33/h4,6-15,33H,1-3,5,16H2,(H2,32,35,39)(H,34,36,40)/p+1. The van der Waals surface area contributed by atoms with Gasteiger partial charge in [0.05, 0.1) is 16.8 Å². The van der Waals surface area contributed by atoms with Crippen molar-refractivity contribution in [2.75, 3.05) is 10.2 Å². The molecule has 1 aliphatic carbocycles. The minimum absolute atomic E-state index is 0.191. The lowest BCUT2D eigenvalue weighted by Crippen LogP contribution is -2.34. The van der Waals surface area contributed by atoms with Crippen LogP contribution in [0.3, 0.4) is 0 Å². The summed E-state index contributed by atoms with van der Waals surface area (Å²) in [4.78, 5) is 35.5. The topological polar surface area (TPSA) is 139 Å². The maximum atomic E-state index is 14.4. The van der Waals surface area contributed by atoms with Gasteiger partial charge >= 0.3 is 6.03 Å². The first-order valence-electron chi connectivity index (χ1n) is 12.8. The van der Waals surface area contributed by atoms with E-state index in [2.05, 4.69) is 42.4 Å². The van der Waals surface area contributed by atoms with Crippen molar-refractivity contribution in [3.05, 3.63) is 93.7 Å². The SMILES string of the molecule is NC(N=[NH2+])=NC(=O)c1ccc(CN(C(=O)Nc2nc3cc(Br)cc(F)c3s2)c2ccc(C3=CCCCC3)cc2)cc1. The molecule has 5 N–H and O–H groups in total. The number of nitrogens with two attached hydrogens (primary N) is 2. The molecule has 0 saturated carbocycles. The van der Waals surface area contributed by atoms with E-state index in [1.807, 2.05) is 24.3 Å². The summed E-state index contributed by atoms with van der Waals surface area (Å²) < 4.78 is 15.4. The summed E-state index contributed by atoms with van der Waals surface area (Å²) in [7, 11) is 0. The highest BCUT2D eigenvalue weighted by atomic mass is 79.9. The Morgan fingerprint density at radius 1 is 1.12 bits per heavy atom. The van der Waals surface area contributed by atoms with Crippen molar-refractivity contribution in [2.24, 2.45) is 15.8 Å². The number of hydrogen-bond acceptors (Lipinski definition) is 4. The van der Waals surface area contributed by atoms with Crippen LogP contribution in [0.4, 0.5) is 20.0 Å². The number of allylic oxidation sites excluding steroid dienone is 2. The van der Waals surface area contributed by atoms with Crippen molar-refractivity contribution in [2.45, 2.75) is 32.2 Å². The molecule has 0 fully saturated rings. The summed E-state index contributed by atoms with van der Waals surface area (Å²) in [6, 6.07) is 17.1. The van der Waals surface area contributed by atoms with E-state index >= 15 is 0 Å². The molecule has 0 bridgehead atoms. The van der Waals surface area contributed by atoms with Crippen LogP contribution >= 0.6 is 27.3 Å². The highest BCUT2D eigenvalue weighted by Gasteiger charge is 2.20. The number of nitrogens with one attached hydrogen (secondary N) is 1. The molecule has 0 radical (unpaired) electrons. The van der Waals surface area contributed by atoms with Crippen LogP contribution in [-0.2, 0) is 6.54 Å². The summed E-state index contributed by atoms with van der Waals surface area (Å²) in [5, 5.41) is 6.28. The monoisotopic (exact) mass is 634 g/mol. The number of thiazole rings is 1.